The van der Waals surface area contributed by atoms with Crippen LogP contribution in [0.1, 0.15) is 0 Å². The number of hydrogen-bond donors (Lipinski definition) is 0. The fourth-order valence-electron chi connectivity index (χ4n) is 1.16. The summed E-state index contributed by atoms with van der Waals surface area (Å²) >= 11 is 0. The first-order chi connectivity index (χ1) is 7.03. The van der Waals surface area contributed by atoms with E-state index in [9.17, 15) is 8.42 Å². The Morgan fingerprint density at radius 3 is 2.67 bits per heavy atom. The van der Waals surface area contributed by atoms with Crippen LogP contribution in [0, 0.1) is 0 Å². The molecule has 2 aromatic rings. The fraction of sp³-hybridized carbons (Fsp3) is 0.250. The molecular weight excluding hydrogens is 216 g/mol. The zero-order chi connectivity index (χ0) is 11.1. The van der Waals surface area contributed by atoms with E-state index in [-0.39, 0.29) is 5.16 Å². The molecule has 0 amide bonds. The Hall–Kier alpha value is -1.47. The minimum absolute atomic E-state index is 0.0666. The van der Waals surface area contributed by atoms with Crippen LogP contribution >= 0.6 is 0 Å². The molecule has 0 aromatic carbocycles. The molecule has 0 atom stereocenters. The standard InChI is InChI=1S/C8H10N4O2S/c1-11(2)15(13,14)8-10-9-7-5-3-4-6-12(7)8/h3-6H,1-2H3. The van der Waals surface area contributed by atoms with Gasteiger partial charge in [0, 0.05) is 20.3 Å². The molecule has 80 valence electrons. The quantitative estimate of drug-likeness (QED) is 0.721. The molecule has 0 aliphatic rings. The first-order valence-corrected chi connectivity index (χ1v) is 5.70. The highest BCUT2D eigenvalue weighted by Gasteiger charge is 2.23. The summed E-state index contributed by atoms with van der Waals surface area (Å²) in [5.74, 6) is 0. The molecule has 0 radical (unpaired) electrons. The highest BCUT2D eigenvalue weighted by molar-refractivity contribution is 7.88. The molecule has 0 saturated heterocycles. The molecular formula is C8H10N4O2S. The summed E-state index contributed by atoms with van der Waals surface area (Å²) in [7, 11) is -0.622. The topological polar surface area (TPSA) is 67.6 Å². The molecule has 0 N–H and O–H groups in total. The van der Waals surface area contributed by atoms with E-state index in [2.05, 4.69) is 10.2 Å². The van der Waals surface area contributed by atoms with E-state index in [1.54, 1.807) is 24.4 Å². The first-order valence-electron chi connectivity index (χ1n) is 4.26. The second-order valence-electron chi connectivity index (χ2n) is 3.20. The predicted molar refractivity (Wildman–Crippen MR) is 53.9 cm³/mol. The smallest absolute Gasteiger partial charge is 0.272 e. The molecule has 15 heavy (non-hydrogen) atoms. The molecule has 0 saturated carbocycles. The minimum atomic E-state index is -3.54. The van der Waals surface area contributed by atoms with E-state index >= 15 is 0 Å². The normalized spacial score (nSPS) is 12.5. The molecule has 2 rings (SSSR count). The van der Waals surface area contributed by atoms with Crippen LogP contribution in [-0.4, -0.2) is 41.4 Å². The van der Waals surface area contributed by atoms with Crippen LogP contribution in [0.2, 0.25) is 0 Å². The second-order valence-corrected chi connectivity index (χ2v) is 5.24. The number of pyridine rings is 1. The Morgan fingerprint density at radius 2 is 2.00 bits per heavy atom. The maximum Gasteiger partial charge on any atom is 0.278 e. The van der Waals surface area contributed by atoms with Crippen molar-refractivity contribution in [1.29, 1.82) is 0 Å². The van der Waals surface area contributed by atoms with E-state index in [1.165, 1.54) is 18.5 Å². The lowest BCUT2D eigenvalue weighted by molar-refractivity contribution is 0.510. The maximum atomic E-state index is 11.8. The van der Waals surface area contributed by atoms with Crippen molar-refractivity contribution in [2.45, 2.75) is 5.16 Å². The van der Waals surface area contributed by atoms with Gasteiger partial charge in [0.05, 0.1) is 0 Å². The van der Waals surface area contributed by atoms with E-state index in [0.717, 1.165) is 4.31 Å². The van der Waals surface area contributed by atoms with Gasteiger partial charge in [0.15, 0.2) is 5.65 Å². The minimum Gasteiger partial charge on any atom is -0.272 e. The fourth-order valence-corrected chi connectivity index (χ4v) is 2.03. The lowest BCUT2D eigenvalue weighted by atomic mass is 10.5. The van der Waals surface area contributed by atoms with Gasteiger partial charge in [-0.2, -0.15) is 0 Å². The number of rotatable bonds is 2. The highest BCUT2D eigenvalue weighted by Crippen LogP contribution is 2.11. The van der Waals surface area contributed by atoms with Crippen LogP contribution < -0.4 is 0 Å². The van der Waals surface area contributed by atoms with Crippen molar-refractivity contribution >= 4 is 15.7 Å². The summed E-state index contributed by atoms with van der Waals surface area (Å²) in [6.07, 6.45) is 1.62. The summed E-state index contributed by atoms with van der Waals surface area (Å²) < 4.78 is 26.2. The zero-order valence-electron chi connectivity index (χ0n) is 8.32. The van der Waals surface area contributed by atoms with E-state index in [0.29, 0.717) is 5.65 Å². The Morgan fingerprint density at radius 1 is 1.27 bits per heavy atom. The molecule has 2 aromatic heterocycles. The largest absolute Gasteiger partial charge is 0.278 e. The lowest BCUT2D eigenvalue weighted by Crippen LogP contribution is -2.24. The van der Waals surface area contributed by atoms with Crippen LogP contribution in [0.5, 0.6) is 0 Å². The molecule has 2 heterocycles. The monoisotopic (exact) mass is 226 g/mol. The second kappa shape index (κ2) is 3.28. The van der Waals surface area contributed by atoms with Crippen molar-refractivity contribution in [1.82, 2.24) is 18.9 Å². The average Bonchev–Trinajstić information content (AvgIpc) is 2.61. The Kier molecular flexibility index (Phi) is 2.20. The molecule has 0 aliphatic carbocycles. The molecule has 0 unspecified atom stereocenters. The van der Waals surface area contributed by atoms with Gasteiger partial charge in [0.1, 0.15) is 0 Å². The van der Waals surface area contributed by atoms with Gasteiger partial charge in [-0.1, -0.05) is 6.07 Å². The number of aromatic nitrogens is 3. The lowest BCUT2D eigenvalue weighted by Gasteiger charge is -2.08. The van der Waals surface area contributed by atoms with Gasteiger partial charge in [-0.15, -0.1) is 10.2 Å². The van der Waals surface area contributed by atoms with E-state index in [4.69, 9.17) is 0 Å². The van der Waals surface area contributed by atoms with Crippen LogP contribution in [0.15, 0.2) is 29.6 Å². The van der Waals surface area contributed by atoms with Crippen molar-refractivity contribution in [3.63, 3.8) is 0 Å². The molecule has 6 nitrogen and oxygen atoms in total. The van der Waals surface area contributed by atoms with Gasteiger partial charge in [-0.3, -0.25) is 4.40 Å². The van der Waals surface area contributed by atoms with E-state index < -0.39 is 10.0 Å². The molecule has 0 spiro atoms. The van der Waals surface area contributed by atoms with Crippen molar-refractivity contribution in [3.05, 3.63) is 24.4 Å². The Bertz CT molecular complexity index is 587. The number of nitrogens with zero attached hydrogens (tertiary/aromatic N) is 4. The van der Waals surface area contributed by atoms with Crippen LogP contribution in [0.4, 0.5) is 0 Å². The van der Waals surface area contributed by atoms with Crippen LogP contribution in [-0.2, 0) is 10.0 Å². The average molecular weight is 226 g/mol. The maximum absolute atomic E-state index is 11.8. The van der Waals surface area contributed by atoms with Crippen molar-refractivity contribution in [2.75, 3.05) is 14.1 Å². The van der Waals surface area contributed by atoms with Crippen molar-refractivity contribution < 1.29 is 8.42 Å². The third-order valence-corrected chi connectivity index (χ3v) is 3.70. The van der Waals surface area contributed by atoms with Gasteiger partial charge in [0.2, 0.25) is 0 Å². The van der Waals surface area contributed by atoms with Crippen molar-refractivity contribution in [2.24, 2.45) is 0 Å². The van der Waals surface area contributed by atoms with Crippen LogP contribution in [0.25, 0.3) is 5.65 Å². The number of fused-ring (bicyclic) bond motifs is 1. The molecule has 0 fully saturated rings. The molecule has 0 aliphatic heterocycles. The molecule has 7 heteroatoms. The van der Waals surface area contributed by atoms with Gasteiger partial charge < -0.3 is 0 Å². The third-order valence-electron chi connectivity index (χ3n) is 1.99. The summed E-state index contributed by atoms with van der Waals surface area (Å²) in [5.41, 5.74) is 0.512. The Labute approximate surface area is 87.2 Å². The van der Waals surface area contributed by atoms with Gasteiger partial charge in [0.25, 0.3) is 15.2 Å². The number of sulfonamides is 1. The highest BCUT2D eigenvalue weighted by atomic mass is 32.2. The zero-order valence-corrected chi connectivity index (χ0v) is 9.14. The third kappa shape index (κ3) is 1.49. The van der Waals surface area contributed by atoms with Crippen molar-refractivity contribution in [3.8, 4) is 0 Å². The van der Waals surface area contributed by atoms with Gasteiger partial charge in [-0.05, 0) is 12.1 Å². The van der Waals surface area contributed by atoms with E-state index in [1.807, 2.05) is 0 Å². The first kappa shape index (κ1) is 10.1. The SMILES string of the molecule is CN(C)S(=O)(=O)c1nnc2ccccn12. The summed E-state index contributed by atoms with van der Waals surface area (Å²) in [6, 6.07) is 5.20. The van der Waals surface area contributed by atoms with Gasteiger partial charge >= 0.3 is 0 Å². The Balaban J connectivity index is 2.74. The van der Waals surface area contributed by atoms with Gasteiger partial charge in [-0.25, -0.2) is 12.7 Å². The predicted octanol–water partition coefficient (Wildman–Crippen LogP) is -0.0204. The number of hydrogen-bond acceptors (Lipinski definition) is 4. The summed E-state index contributed by atoms with van der Waals surface area (Å²) in [6.45, 7) is 0. The summed E-state index contributed by atoms with van der Waals surface area (Å²) in [4.78, 5) is 0. The van der Waals surface area contributed by atoms with Crippen LogP contribution in [0.3, 0.4) is 0 Å². The summed E-state index contributed by atoms with van der Waals surface area (Å²) in [5, 5.41) is 7.38. The molecule has 0 bridgehead atoms.